The normalized spacial score (nSPS) is 15.4. The Labute approximate surface area is 268 Å². The summed E-state index contributed by atoms with van der Waals surface area (Å²) in [6, 6.07) is 19.0. The summed E-state index contributed by atoms with van der Waals surface area (Å²) in [5.74, 6) is -0.254. The van der Waals surface area contributed by atoms with Gasteiger partial charge >= 0.3 is 12.4 Å². The molecular formula is C33H40F2N2O8S. The van der Waals surface area contributed by atoms with E-state index in [2.05, 4.69) is 14.8 Å². The highest BCUT2D eigenvalue weighted by Crippen LogP contribution is 2.42. The molecule has 2 N–H and O–H groups in total. The van der Waals surface area contributed by atoms with Crippen molar-refractivity contribution >= 4 is 16.1 Å². The number of carbonyl (C=O) groups is 1. The molecule has 1 amide bonds. The quantitative estimate of drug-likeness (QED) is 0.238. The van der Waals surface area contributed by atoms with Gasteiger partial charge in [-0.15, -0.1) is 8.78 Å². The Hall–Kier alpha value is -3.94. The summed E-state index contributed by atoms with van der Waals surface area (Å²) >= 11 is 0. The third-order valence-corrected chi connectivity index (χ3v) is 8.59. The van der Waals surface area contributed by atoms with E-state index in [9.17, 15) is 27.1 Å². The predicted molar refractivity (Wildman–Crippen MR) is 166 cm³/mol. The summed E-state index contributed by atoms with van der Waals surface area (Å²) in [5.41, 5.74) is 0.929. The Balaban J connectivity index is 1.53. The molecule has 13 heteroatoms. The predicted octanol–water partition coefficient (Wildman–Crippen LogP) is 5.73. The lowest BCUT2D eigenvalue weighted by atomic mass is 10.0. The first-order valence-corrected chi connectivity index (χ1v) is 16.3. The minimum absolute atomic E-state index is 0.00337. The van der Waals surface area contributed by atoms with Crippen LogP contribution < -0.4 is 19.5 Å². The first-order valence-electron chi connectivity index (χ1n) is 14.8. The average molecular weight is 663 g/mol. The molecule has 0 fully saturated rings. The van der Waals surface area contributed by atoms with E-state index in [1.807, 2.05) is 30.3 Å². The summed E-state index contributed by atoms with van der Waals surface area (Å²) in [7, 11) is -4.32. The van der Waals surface area contributed by atoms with Gasteiger partial charge in [-0.1, -0.05) is 56.3 Å². The molecule has 2 atom stereocenters. The Kier molecular flexibility index (Phi) is 10.8. The van der Waals surface area contributed by atoms with Gasteiger partial charge in [-0.2, -0.15) is 4.31 Å². The molecule has 1 aliphatic heterocycles. The van der Waals surface area contributed by atoms with Crippen LogP contribution in [0, 0.1) is 5.92 Å². The van der Waals surface area contributed by atoms with Crippen LogP contribution in [0.3, 0.4) is 0 Å². The van der Waals surface area contributed by atoms with E-state index in [4.69, 9.17) is 9.47 Å². The molecule has 0 spiro atoms. The minimum Gasteiger partial charge on any atom is -0.489 e. The number of halogens is 2. The molecule has 1 aliphatic rings. The fraction of sp³-hybridized carbons (Fsp3) is 0.424. The van der Waals surface area contributed by atoms with Crippen LogP contribution in [-0.4, -0.2) is 61.1 Å². The van der Waals surface area contributed by atoms with Crippen molar-refractivity contribution in [2.24, 2.45) is 5.92 Å². The number of fused-ring (bicyclic) bond motifs is 1. The van der Waals surface area contributed by atoms with Gasteiger partial charge in [0.1, 0.15) is 18.0 Å². The molecule has 1 heterocycles. The van der Waals surface area contributed by atoms with Crippen LogP contribution >= 0.6 is 0 Å². The number of carbonyl (C=O) groups excluding carboxylic acids is 1. The van der Waals surface area contributed by atoms with Crippen LogP contribution in [0.5, 0.6) is 17.2 Å². The van der Waals surface area contributed by atoms with Gasteiger partial charge < -0.3 is 29.4 Å². The zero-order valence-electron chi connectivity index (χ0n) is 26.4. The number of hydrogen-bond donors (Lipinski definition) is 2. The van der Waals surface area contributed by atoms with Crippen molar-refractivity contribution in [2.75, 3.05) is 13.1 Å². The summed E-state index contributed by atoms with van der Waals surface area (Å²) in [6.07, 6.45) is -5.96. The number of alkyl halides is 2. The van der Waals surface area contributed by atoms with Gasteiger partial charge in [-0.05, 0) is 68.5 Å². The Morgan fingerprint density at radius 1 is 0.957 bits per heavy atom. The van der Waals surface area contributed by atoms with E-state index in [0.29, 0.717) is 12.4 Å². The Morgan fingerprint density at radius 2 is 1.61 bits per heavy atom. The van der Waals surface area contributed by atoms with E-state index in [-0.39, 0.29) is 29.5 Å². The minimum atomic E-state index is -4.32. The molecule has 0 radical (unpaired) electrons. The van der Waals surface area contributed by atoms with E-state index < -0.39 is 52.5 Å². The first kappa shape index (κ1) is 34.9. The number of rotatable bonds is 13. The molecule has 0 aromatic heterocycles. The number of hydrogen-bond acceptors (Lipinski definition) is 8. The maximum absolute atomic E-state index is 13.8. The molecule has 0 saturated heterocycles. The van der Waals surface area contributed by atoms with Crippen molar-refractivity contribution in [3.63, 3.8) is 0 Å². The number of ether oxygens (including phenoxy) is 4. The second-order valence-electron chi connectivity index (χ2n) is 12.4. The van der Waals surface area contributed by atoms with E-state index in [1.165, 1.54) is 0 Å². The van der Waals surface area contributed by atoms with E-state index in [0.717, 1.165) is 33.6 Å². The fourth-order valence-corrected chi connectivity index (χ4v) is 6.35. The van der Waals surface area contributed by atoms with Gasteiger partial charge in [0.25, 0.3) is 0 Å². The monoisotopic (exact) mass is 662 g/mol. The van der Waals surface area contributed by atoms with Gasteiger partial charge in [0.05, 0.1) is 17.0 Å². The van der Waals surface area contributed by atoms with Gasteiger partial charge in [0, 0.05) is 19.2 Å². The van der Waals surface area contributed by atoms with Crippen molar-refractivity contribution in [2.45, 2.75) is 76.6 Å². The third-order valence-electron chi connectivity index (χ3n) is 6.76. The van der Waals surface area contributed by atoms with Crippen LogP contribution in [0.15, 0.2) is 77.7 Å². The molecule has 3 aromatic carbocycles. The second-order valence-corrected chi connectivity index (χ2v) is 14.4. The molecule has 10 nitrogen and oxygen atoms in total. The average Bonchev–Trinajstić information content (AvgIpc) is 3.28. The summed E-state index contributed by atoms with van der Waals surface area (Å²) in [6.45, 7) is 8.66. The van der Waals surface area contributed by atoms with Gasteiger partial charge in [-0.3, -0.25) is 0 Å². The molecule has 0 bridgehead atoms. The standard InChI is InChI=1S/C33H40F2N2O8S/c1-22(2)19-37(46(40,41)26-15-16-29-30(18-26)44-33(34,35)43-29)20-28(38)27(36-31(39)45-32(3,4)5)17-23-11-13-25(14-12-23)42-21-24-9-7-6-8-10-24/h6-16,18,22,27-28,38H,17,19-21H2,1-5H3,(H,36,39)/t27-,28+/m0/s1. The number of nitrogens with zero attached hydrogens (tertiary/aromatic N) is 1. The summed E-state index contributed by atoms with van der Waals surface area (Å²) < 4.78 is 75.9. The number of benzene rings is 3. The topological polar surface area (TPSA) is 124 Å². The number of nitrogens with one attached hydrogen (secondary N) is 1. The number of alkyl carbamates (subject to hydrolysis) is 1. The molecule has 0 saturated carbocycles. The SMILES string of the molecule is CC(C)CN(C[C@@H](O)[C@H](Cc1ccc(OCc2ccccc2)cc1)NC(=O)OC(C)(C)C)S(=O)(=O)c1ccc2c(c1)OC(F)(F)O2. The Bertz CT molecular complexity index is 1580. The molecule has 3 aromatic rings. The molecule has 46 heavy (non-hydrogen) atoms. The van der Waals surface area contributed by atoms with E-state index >= 15 is 0 Å². The van der Waals surface area contributed by atoms with Crippen LogP contribution in [0.25, 0.3) is 0 Å². The number of sulfonamides is 1. The molecule has 250 valence electrons. The largest absolute Gasteiger partial charge is 0.586 e. The zero-order chi connectivity index (χ0) is 33.7. The maximum atomic E-state index is 13.8. The van der Waals surface area contributed by atoms with Crippen LogP contribution in [0.2, 0.25) is 0 Å². The smallest absolute Gasteiger partial charge is 0.489 e. The third kappa shape index (κ3) is 9.78. The van der Waals surface area contributed by atoms with Gasteiger partial charge in [0.2, 0.25) is 10.0 Å². The van der Waals surface area contributed by atoms with Crippen molar-refractivity contribution in [3.05, 3.63) is 83.9 Å². The fourth-order valence-electron chi connectivity index (χ4n) is 4.71. The van der Waals surface area contributed by atoms with Crippen molar-refractivity contribution in [3.8, 4) is 17.2 Å². The molecular weight excluding hydrogens is 622 g/mol. The highest BCUT2D eigenvalue weighted by atomic mass is 32.2. The molecule has 0 unspecified atom stereocenters. The van der Waals surface area contributed by atoms with Crippen LogP contribution in [0.1, 0.15) is 45.7 Å². The number of aliphatic hydroxyl groups is 1. The van der Waals surface area contributed by atoms with Crippen LogP contribution in [0.4, 0.5) is 13.6 Å². The lowest BCUT2D eigenvalue weighted by Gasteiger charge is -2.31. The highest BCUT2D eigenvalue weighted by Gasteiger charge is 2.44. The second kappa shape index (κ2) is 14.2. The Morgan fingerprint density at radius 3 is 2.24 bits per heavy atom. The van der Waals surface area contributed by atoms with Gasteiger partial charge in [0.15, 0.2) is 11.5 Å². The van der Waals surface area contributed by atoms with Crippen molar-refractivity contribution < 1.29 is 46.0 Å². The zero-order valence-corrected chi connectivity index (χ0v) is 27.2. The highest BCUT2D eigenvalue weighted by molar-refractivity contribution is 7.89. The summed E-state index contributed by atoms with van der Waals surface area (Å²) in [4.78, 5) is 12.5. The van der Waals surface area contributed by atoms with Crippen LogP contribution in [-0.2, 0) is 27.8 Å². The summed E-state index contributed by atoms with van der Waals surface area (Å²) in [5, 5.41) is 14.1. The lowest BCUT2D eigenvalue weighted by molar-refractivity contribution is -0.286. The lowest BCUT2D eigenvalue weighted by Crippen LogP contribution is -2.51. The first-order chi connectivity index (χ1) is 21.5. The van der Waals surface area contributed by atoms with Crippen molar-refractivity contribution in [1.29, 1.82) is 0 Å². The maximum Gasteiger partial charge on any atom is 0.586 e. The van der Waals surface area contributed by atoms with E-state index in [1.54, 1.807) is 58.9 Å². The number of aliphatic hydroxyl groups excluding tert-OH is 1. The molecule has 4 rings (SSSR count). The van der Waals surface area contributed by atoms with Crippen molar-refractivity contribution in [1.82, 2.24) is 9.62 Å². The molecule has 0 aliphatic carbocycles. The number of amides is 1. The van der Waals surface area contributed by atoms with Gasteiger partial charge in [-0.25, -0.2) is 13.2 Å².